The zero-order chi connectivity index (χ0) is 11.4. The largest absolute Gasteiger partial charge is 0.299 e. The van der Waals surface area contributed by atoms with Gasteiger partial charge in [0.05, 0.1) is 5.56 Å². The molecule has 84 valence electrons. The molecule has 3 heteroatoms. The molecule has 0 spiro atoms. The average molecular weight is 218 g/mol. The van der Waals surface area contributed by atoms with E-state index in [1.54, 1.807) is 6.07 Å². The predicted octanol–water partition coefficient (Wildman–Crippen LogP) is 2.68. The van der Waals surface area contributed by atoms with Crippen LogP contribution in [0.15, 0.2) is 18.2 Å². The number of rotatable bonds is 2. The van der Waals surface area contributed by atoms with Crippen LogP contribution in [0.3, 0.4) is 0 Å². The topological polar surface area (TPSA) is 27.0 Å². The second-order valence-corrected chi connectivity index (χ2v) is 4.22. The van der Waals surface area contributed by atoms with Gasteiger partial charge in [-0.3, -0.25) is 4.90 Å². The third kappa shape index (κ3) is 2.40. The van der Waals surface area contributed by atoms with E-state index in [0.717, 1.165) is 18.7 Å². The normalized spacial score (nSPS) is 17.0. The summed E-state index contributed by atoms with van der Waals surface area (Å²) < 4.78 is 13.4. The van der Waals surface area contributed by atoms with Gasteiger partial charge in [-0.2, -0.15) is 5.26 Å². The molecule has 1 fully saturated rings. The van der Waals surface area contributed by atoms with Crippen LogP contribution in [-0.4, -0.2) is 18.0 Å². The quantitative estimate of drug-likeness (QED) is 0.763. The van der Waals surface area contributed by atoms with Crippen LogP contribution < -0.4 is 0 Å². The van der Waals surface area contributed by atoms with Crippen molar-refractivity contribution in [1.29, 1.82) is 5.26 Å². The van der Waals surface area contributed by atoms with Crippen molar-refractivity contribution in [2.45, 2.75) is 25.8 Å². The van der Waals surface area contributed by atoms with E-state index in [4.69, 9.17) is 5.26 Å². The van der Waals surface area contributed by atoms with Crippen LogP contribution in [-0.2, 0) is 6.54 Å². The molecular weight excluding hydrogens is 203 g/mol. The zero-order valence-corrected chi connectivity index (χ0v) is 9.25. The minimum atomic E-state index is -0.406. The summed E-state index contributed by atoms with van der Waals surface area (Å²) in [5, 5.41) is 8.92. The highest BCUT2D eigenvalue weighted by molar-refractivity contribution is 5.38. The van der Waals surface area contributed by atoms with E-state index < -0.39 is 5.82 Å². The molecule has 0 atom stereocenters. The van der Waals surface area contributed by atoms with Crippen molar-refractivity contribution >= 4 is 0 Å². The summed E-state index contributed by atoms with van der Waals surface area (Å²) in [7, 11) is 0. The van der Waals surface area contributed by atoms with Crippen LogP contribution in [0.2, 0.25) is 0 Å². The van der Waals surface area contributed by atoms with E-state index in [9.17, 15) is 4.39 Å². The average Bonchev–Trinajstić information content (AvgIpc) is 2.31. The van der Waals surface area contributed by atoms with Crippen molar-refractivity contribution in [3.05, 3.63) is 35.1 Å². The molecule has 0 radical (unpaired) electrons. The molecule has 16 heavy (non-hydrogen) atoms. The van der Waals surface area contributed by atoms with Crippen molar-refractivity contribution in [3.8, 4) is 6.07 Å². The summed E-state index contributed by atoms with van der Waals surface area (Å²) in [5.74, 6) is -0.406. The molecule has 0 aromatic heterocycles. The first-order valence-electron chi connectivity index (χ1n) is 5.71. The number of piperidine rings is 1. The Balaban J connectivity index is 2.14. The summed E-state index contributed by atoms with van der Waals surface area (Å²) in [6, 6.07) is 6.82. The first-order chi connectivity index (χ1) is 7.81. The maximum Gasteiger partial charge on any atom is 0.141 e. The number of benzene rings is 1. The van der Waals surface area contributed by atoms with Gasteiger partial charge < -0.3 is 0 Å². The first-order valence-corrected chi connectivity index (χ1v) is 5.71. The van der Waals surface area contributed by atoms with E-state index in [0.29, 0.717) is 6.54 Å². The van der Waals surface area contributed by atoms with Crippen LogP contribution in [0.25, 0.3) is 0 Å². The van der Waals surface area contributed by atoms with E-state index in [1.807, 2.05) is 12.1 Å². The molecule has 1 aliphatic rings. The monoisotopic (exact) mass is 218 g/mol. The van der Waals surface area contributed by atoms with Crippen LogP contribution in [0.1, 0.15) is 30.4 Å². The maximum absolute atomic E-state index is 13.4. The fourth-order valence-electron chi connectivity index (χ4n) is 2.18. The summed E-state index contributed by atoms with van der Waals surface area (Å²) in [6.45, 7) is 2.81. The lowest BCUT2D eigenvalue weighted by Crippen LogP contribution is -2.29. The van der Waals surface area contributed by atoms with E-state index in [1.165, 1.54) is 25.3 Å². The summed E-state index contributed by atoms with van der Waals surface area (Å²) in [5.41, 5.74) is 1.01. The highest BCUT2D eigenvalue weighted by Crippen LogP contribution is 2.17. The van der Waals surface area contributed by atoms with Gasteiger partial charge in [0.2, 0.25) is 0 Å². The van der Waals surface area contributed by atoms with E-state index >= 15 is 0 Å². The fraction of sp³-hybridized carbons (Fsp3) is 0.462. The summed E-state index contributed by atoms with van der Waals surface area (Å²) in [6.07, 6.45) is 3.69. The number of nitrogens with zero attached hydrogens (tertiary/aromatic N) is 2. The molecular formula is C13H15FN2. The third-order valence-corrected chi connectivity index (χ3v) is 3.05. The highest BCUT2D eigenvalue weighted by atomic mass is 19.1. The minimum absolute atomic E-state index is 0.202. The van der Waals surface area contributed by atoms with Crippen molar-refractivity contribution in [3.63, 3.8) is 0 Å². The molecule has 1 aromatic rings. The van der Waals surface area contributed by atoms with Crippen molar-refractivity contribution in [2.24, 2.45) is 0 Å². The first kappa shape index (κ1) is 11.1. The predicted molar refractivity (Wildman–Crippen MR) is 60.2 cm³/mol. The van der Waals surface area contributed by atoms with Crippen molar-refractivity contribution < 1.29 is 4.39 Å². The van der Waals surface area contributed by atoms with Crippen LogP contribution in [0.4, 0.5) is 4.39 Å². The Labute approximate surface area is 95.3 Å². The standard InChI is InChI=1S/C13H15FN2/c14-13-6-4-5-11(12(13)9-15)10-16-7-2-1-3-8-16/h4-6H,1-3,7-8,10H2. The van der Waals surface area contributed by atoms with Gasteiger partial charge in [-0.05, 0) is 37.6 Å². The molecule has 1 saturated heterocycles. The molecule has 0 saturated carbocycles. The molecule has 0 N–H and O–H groups in total. The van der Waals surface area contributed by atoms with Crippen molar-refractivity contribution in [2.75, 3.05) is 13.1 Å². The molecule has 0 unspecified atom stereocenters. The maximum atomic E-state index is 13.4. The molecule has 2 nitrogen and oxygen atoms in total. The number of halogens is 1. The number of likely N-dealkylation sites (tertiary alicyclic amines) is 1. The second kappa shape index (κ2) is 5.09. The molecule has 0 bridgehead atoms. The van der Waals surface area contributed by atoms with Crippen LogP contribution in [0, 0.1) is 17.1 Å². The Morgan fingerprint density at radius 1 is 1.25 bits per heavy atom. The summed E-state index contributed by atoms with van der Waals surface area (Å²) >= 11 is 0. The lowest BCUT2D eigenvalue weighted by atomic mass is 10.1. The van der Waals surface area contributed by atoms with Gasteiger partial charge in [-0.15, -0.1) is 0 Å². The molecule has 1 heterocycles. The fourth-order valence-corrected chi connectivity index (χ4v) is 2.18. The molecule has 0 amide bonds. The Morgan fingerprint density at radius 2 is 2.00 bits per heavy atom. The molecule has 2 rings (SSSR count). The summed E-state index contributed by atoms with van der Waals surface area (Å²) in [4.78, 5) is 2.29. The smallest absolute Gasteiger partial charge is 0.141 e. The van der Waals surface area contributed by atoms with Gasteiger partial charge in [-0.25, -0.2) is 4.39 Å². The third-order valence-electron chi connectivity index (χ3n) is 3.05. The Bertz CT molecular complexity index is 403. The highest BCUT2D eigenvalue weighted by Gasteiger charge is 2.14. The zero-order valence-electron chi connectivity index (χ0n) is 9.25. The van der Waals surface area contributed by atoms with Gasteiger partial charge in [0.15, 0.2) is 0 Å². The molecule has 1 aliphatic heterocycles. The second-order valence-electron chi connectivity index (χ2n) is 4.22. The molecule has 1 aromatic carbocycles. The van der Waals surface area contributed by atoms with Crippen LogP contribution >= 0.6 is 0 Å². The van der Waals surface area contributed by atoms with E-state index in [-0.39, 0.29) is 5.56 Å². The lowest BCUT2D eigenvalue weighted by Gasteiger charge is -2.26. The van der Waals surface area contributed by atoms with Crippen molar-refractivity contribution in [1.82, 2.24) is 4.90 Å². The SMILES string of the molecule is N#Cc1c(F)cccc1CN1CCCCC1. The van der Waals surface area contributed by atoms with Gasteiger partial charge in [-0.1, -0.05) is 18.6 Å². The number of hydrogen-bond donors (Lipinski definition) is 0. The van der Waals surface area contributed by atoms with Crippen LogP contribution in [0.5, 0.6) is 0 Å². The van der Waals surface area contributed by atoms with Gasteiger partial charge in [0.25, 0.3) is 0 Å². The Kier molecular flexibility index (Phi) is 3.53. The van der Waals surface area contributed by atoms with Gasteiger partial charge in [0.1, 0.15) is 11.9 Å². The lowest BCUT2D eigenvalue weighted by molar-refractivity contribution is 0.220. The van der Waals surface area contributed by atoms with Gasteiger partial charge in [0, 0.05) is 6.54 Å². The van der Waals surface area contributed by atoms with E-state index in [2.05, 4.69) is 4.90 Å². The Hall–Kier alpha value is -1.40. The van der Waals surface area contributed by atoms with Gasteiger partial charge >= 0.3 is 0 Å². The number of hydrogen-bond acceptors (Lipinski definition) is 2. The minimum Gasteiger partial charge on any atom is -0.299 e. The Morgan fingerprint density at radius 3 is 2.69 bits per heavy atom. The molecule has 0 aliphatic carbocycles. The number of nitriles is 1.